The Bertz CT molecular complexity index is 215. The van der Waals surface area contributed by atoms with Crippen molar-refractivity contribution in [1.82, 2.24) is 10.6 Å². The van der Waals surface area contributed by atoms with Crippen molar-refractivity contribution in [3.63, 3.8) is 0 Å². The van der Waals surface area contributed by atoms with Gasteiger partial charge < -0.3 is 10.6 Å². The Morgan fingerprint density at radius 3 is 2.93 bits per heavy atom. The van der Waals surface area contributed by atoms with E-state index in [9.17, 15) is 4.79 Å². The number of thioether (sulfide) groups is 1. The number of hydrogen-bond donors (Lipinski definition) is 2. The molecule has 0 bridgehead atoms. The van der Waals surface area contributed by atoms with Crippen LogP contribution in [0.3, 0.4) is 0 Å². The summed E-state index contributed by atoms with van der Waals surface area (Å²) >= 11 is 1.83. The highest BCUT2D eigenvalue weighted by atomic mass is 32.2. The fourth-order valence-electron chi connectivity index (χ4n) is 1.89. The van der Waals surface area contributed by atoms with Gasteiger partial charge >= 0.3 is 0 Å². The van der Waals surface area contributed by atoms with Crippen LogP contribution in [0.5, 0.6) is 0 Å². The molecule has 1 fully saturated rings. The Morgan fingerprint density at radius 1 is 1.67 bits per heavy atom. The van der Waals surface area contributed by atoms with Crippen molar-refractivity contribution in [2.24, 2.45) is 5.92 Å². The molecule has 1 amide bonds. The van der Waals surface area contributed by atoms with Gasteiger partial charge in [-0.2, -0.15) is 11.8 Å². The van der Waals surface area contributed by atoms with E-state index in [2.05, 4.69) is 23.8 Å². The molecule has 0 aliphatic carbocycles. The third-order valence-electron chi connectivity index (χ3n) is 2.93. The first-order chi connectivity index (χ1) is 7.08. The van der Waals surface area contributed by atoms with E-state index in [1.54, 1.807) is 0 Å². The molecule has 3 nitrogen and oxygen atoms in total. The third-order valence-corrected chi connectivity index (χ3v) is 3.83. The van der Waals surface area contributed by atoms with Crippen molar-refractivity contribution in [2.75, 3.05) is 25.1 Å². The first kappa shape index (κ1) is 12.8. The largest absolute Gasteiger partial charge is 0.354 e. The van der Waals surface area contributed by atoms with Crippen molar-refractivity contribution >= 4 is 17.7 Å². The van der Waals surface area contributed by atoms with Crippen molar-refractivity contribution in [3.05, 3.63) is 0 Å². The Labute approximate surface area is 96.8 Å². The van der Waals surface area contributed by atoms with E-state index in [1.165, 1.54) is 0 Å². The minimum atomic E-state index is -0.320. The Morgan fingerprint density at radius 2 is 2.40 bits per heavy atom. The van der Waals surface area contributed by atoms with Gasteiger partial charge in [-0.15, -0.1) is 0 Å². The van der Waals surface area contributed by atoms with Gasteiger partial charge in [-0.1, -0.05) is 6.92 Å². The molecule has 2 unspecified atom stereocenters. The summed E-state index contributed by atoms with van der Waals surface area (Å²) in [5.41, 5.74) is -0.320. The predicted molar refractivity (Wildman–Crippen MR) is 66.2 cm³/mol. The molecule has 1 saturated heterocycles. The first-order valence-corrected chi connectivity index (χ1v) is 7.00. The van der Waals surface area contributed by atoms with E-state index < -0.39 is 0 Å². The maximum atomic E-state index is 11.9. The van der Waals surface area contributed by atoms with Gasteiger partial charge in [0.15, 0.2) is 0 Å². The van der Waals surface area contributed by atoms with Crippen molar-refractivity contribution in [3.8, 4) is 0 Å². The zero-order valence-electron chi connectivity index (χ0n) is 9.93. The van der Waals surface area contributed by atoms with Crippen LogP contribution in [0.4, 0.5) is 0 Å². The molecule has 1 aliphatic heterocycles. The van der Waals surface area contributed by atoms with Gasteiger partial charge in [-0.25, -0.2) is 0 Å². The molecule has 1 rings (SSSR count). The molecule has 15 heavy (non-hydrogen) atoms. The predicted octanol–water partition coefficient (Wildman–Crippen LogP) is 1.24. The highest BCUT2D eigenvalue weighted by molar-refractivity contribution is 7.98. The summed E-state index contributed by atoms with van der Waals surface area (Å²) in [7, 11) is 0. The number of hydrogen-bond acceptors (Lipinski definition) is 3. The van der Waals surface area contributed by atoms with Crippen molar-refractivity contribution in [1.29, 1.82) is 0 Å². The number of carbonyl (C=O) groups excluding carboxylic acids is 1. The summed E-state index contributed by atoms with van der Waals surface area (Å²) in [5.74, 6) is 1.81. The summed E-state index contributed by atoms with van der Waals surface area (Å²) in [6.07, 6.45) is 4.15. The van der Waals surface area contributed by atoms with Gasteiger partial charge in [0.1, 0.15) is 0 Å². The van der Waals surface area contributed by atoms with Gasteiger partial charge in [-0.05, 0) is 44.2 Å². The van der Waals surface area contributed by atoms with Crippen LogP contribution in [-0.2, 0) is 4.79 Å². The first-order valence-electron chi connectivity index (χ1n) is 5.61. The van der Waals surface area contributed by atoms with Crippen LogP contribution in [0.15, 0.2) is 0 Å². The monoisotopic (exact) mass is 230 g/mol. The summed E-state index contributed by atoms with van der Waals surface area (Å²) in [4.78, 5) is 11.9. The minimum Gasteiger partial charge on any atom is -0.354 e. The van der Waals surface area contributed by atoms with Gasteiger partial charge in [0.2, 0.25) is 5.91 Å². The molecule has 88 valence electrons. The minimum absolute atomic E-state index is 0.160. The van der Waals surface area contributed by atoms with Crippen LogP contribution in [0.2, 0.25) is 0 Å². The van der Waals surface area contributed by atoms with E-state index in [4.69, 9.17) is 0 Å². The van der Waals surface area contributed by atoms with Crippen molar-refractivity contribution < 1.29 is 4.79 Å². The Kier molecular flexibility index (Phi) is 4.93. The molecular weight excluding hydrogens is 208 g/mol. The fourth-order valence-corrected chi connectivity index (χ4v) is 2.58. The molecule has 2 atom stereocenters. The maximum Gasteiger partial charge on any atom is 0.240 e. The molecule has 0 saturated carbocycles. The van der Waals surface area contributed by atoms with Crippen LogP contribution in [0, 0.1) is 5.92 Å². The summed E-state index contributed by atoms with van der Waals surface area (Å²) in [6, 6.07) is 0. The normalized spacial score (nSPS) is 27.7. The smallest absolute Gasteiger partial charge is 0.240 e. The SMILES string of the molecule is CSCC(C)CNC(=O)C1(C)CCCN1. The van der Waals surface area contributed by atoms with Crippen LogP contribution >= 0.6 is 11.8 Å². The van der Waals surface area contributed by atoms with Gasteiger partial charge in [0.05, 0.1) is 5.54 Å². The average molecular weight is 230 g/mol. The van der Waals surface area contributed by atoms with Crippen LogP contribution in [0.25, 0.3) is 0 Å². The number of amides is 1. The molecule has 1 aliphatic rings. The lowest BCUT2D eigenvalue weighted by Crippen LogP contribution is -2.52. The quantitative estimate of drug-likeness (QED) is 0.747. The molecule has 0 radical (unpaired) electrons. The number of nitrogens with one attached hydrogen (secondary N) is 2. The van der Waals surface area contributed by atoms with E-state index in [1.807, 2.05) is 18.7 Å². The highest BCUT2D eigenvalue weighted by Gasteiger charge is 2.35. The van der Waals surface area contributed by atoms with Crippen LogP contribution in [-0.4, -0.2) is 36.5 Å². The van der Waals surface area contributed by atoms with E-state index in [0.717, 1.165) is 31.7 Å². The standard InChI is InChI=1S/C11H22N2OS/c1-9(8-15-3)7-12-10(14)11(2)5-4-6-13-11/h9,13H,4-8H2,1-3H3,(H,12,14). The van der Waals surface area contributed by atoms with Gasteiger partial charge in [-0.3, -0.25) is 4.79 Å². The zero-order chi connectivity index (χ0) is 11.3. The second-order valence-electron chi connectivity index (χ2n) is 4.63. The summed E-state index contributed by atoms with van der Waals surface area (Å²) < 4.78 is 0. The lowest BCUT2D eigenvalue weighted by atomic mass is 9.99. The van der Waals surface area contributed by atoms with Crippen molar-refractivity contribution in [2.45, 2.75) is 32.2 Å². The van der Waals surface area contributed by atoms with E-state index in [-0.39, 0.29) is 11.4 Å². The molecular formula is C11H22N2OS. The zero-order valence-corrected chi connectivity index (χ0v) is 10.7. The topological polar surface area (TPSA) is 41.1 Å². The second-order valence-corrected chi connectivity index (χ2v) is 5.54. The fraction of sp³-hybridized carbons (Fsp3) is 0.909. The van der Waals surface area contributed by atoms with E-state index in [0.29, 0.717) is 5.92 Å². The maximum absolute atomic E-state index is 11.9. The van der Waals surface area contributed by atoms with Gasteiger partial charge in [0, 0.05) is 6.54 Å². The van der Waals surface area contributed by atoms with Gasteiger partial charge in [0.25, 0.3) is 0 Å². The highest BCUT2D eigenvalue weighted by Crippen LogP contribution is 2.18. The summed E-state index contributed by atoms with van der Waals surface area (Å²) in [5, 5.41) is 6.31. The van der Waals surface area contributed by atoms with Crippen LogP contribution in [0.1, 0.15) is 26.7 Å². The average Bonchev–Trinajstić information content (AvgIpc) is 2.63. The molecule has 1 heterocycles. The third kappa shape index (κ3) is 3.68. The molecule has 0 aromatic rings. The lowest BCUT2D eigenvalue weighted by Gasteiger charge is -2.24. The molecule has 0 aromatic heterocycles. The molecule has 4 heteroatoms. The molecule has 0 spiro atoms. The van der Waals surface area contributed by atoms with E-state index >= 15 is 0 Å². The Hall–Kier alpha value is -0.220. The van der Waals surface area contributed by atoms with Crippen LogP contribution < -0.4 is 10.6 Å². The number of rotatable bonds is 5. The Balaban J connectivity index is 2.29. The molecule has 2 N–H and O–H groups in total. The number of carbonyl (C=O) groups is 1. The second kappa shape index (κ2) is 5.75. The summed E-state index contributed by atoms with van der Waals surface area (Å²) in [6.45, 7) is 5.91. The molecule has 0 aromatic carbocycles. The lowest BCUT2D eigenvalue weighted by molar-refractivity contribution is -0.126.